The third-order valence-corrected chi connectivity index (χ3v) is 6.03. The molecule has 0 aromatic heterocycles. The van der Waals surface area contributed by atoms with Gasteiger partial charge in [0.05, 0.1) is 18.5 Å². The first-order valence-corrected chi connectivity index (χ1v) is 10.5. The maximum absolute atomic E-state index is 12.5. The standard InChI is InChI=1S/C22H28N2O2S/c1-17-7-9-21(10-8-17)27-18(2)22(25)23-15-19-5-3-4-6-20(19)16-24-11-13-26-14-12-24/h3-10,18H,11-16H2,1-2H3,(H,23,25)/p+1/t18-/m0/s1. The van der Waals surface area contributed by atoms with E-state index in [0.717, 1.165) is 37.7 Å². The summed E-state index contributed by atoms with van der Waals surface area (Å²) in [6, 6.07) is 16.7. The topological polar surface area (TPSA) is 42.8 Å². The lowest BCUT2D eigenvalue weighted by atomic mass is 10.1. The molecule has 2 aromatic rings. The number of carbonyl (C=O) groups excluding carboxylic acids is 1. The van der Waals surface area contributed by atoms with Crippen LogP contribution < -0.4 is 10.2 Å². The van der Waals surface area contributed by atoms with Crippen molar-refractivity contribution in [1.29, 1.82) is 0 Å². The molecule has 5 heteroatoms. The summed E-state index contributed by atoms with van der Waals surface area (Å²) in [5.41, 5.74) is 3.75. The van der Waals surface area contributed by atoms with Crippen molar-refractivity contribution in [2.45, 2.75) is 37.1 Å². The van der Waals surface area contributed by atoms with E-state index >= 15 is 0 Å². The number of aryl methyl sites for hydroxylation is 1. The van der Waals surface area contributed by atoms with Crippen LogP contribution in [0.25, 0.3) is 0 Å². The Balaban J connectivity index is 1.54. The van der Waals surface area contributed by atoms with Crippen molar-refractivity contribution in [3.63, 3.8) is 0 Å². The van der Waals surface area contributed by atoms with Gasteiger partial charge in [-0.25, -0.2) is 0 Å². The SMILES string of the molecule is Cc1ccc(S[C@@H](C)C(=O)NCc2ccccc2C[NH+]2CCOCC2)cc1. The molecule has 27 heavy (non-hydrogen) atoms. The summed E-state index contributed by atoms with van der Waals surface area (Å²) in [7, 11) is 0. The number of benzene rings is 2. The van der Waals surface area contributed by atoms with Crippen LogP contribution in [0.3, 0.4) is 0 Å². The highest BCUT2D eigenvalue weighted by Gasteiger charge is 2.17. The number of hydrogen-bond donors (Lipinski definition) is 2. The fourth-order valence-electron chi connectivity index (χ4n) is 3.21. The lowest BCUT2D eigenvalue weighted by molar-refractivity contribution is -0.921. The summed E-state index contributed by atoms with van der Waals surface area (Å²) in [5.74, 6) is 0.0779. The predicted molar refractivity (Wildman–Crippen MR) is 110 cm³/mol. The maximum atomic E-state index is 12.5. The average Bonchev–Trinajstić information content (AvgIpc) is 2.69. The Bertz CT molecular complexity index is 742. The quantitative estimate of drug-likeness (QED) is 0.718. The number of hydrogen-bond acceptors (Lipinski definition) is 3. The van der Waals surface area contributed by atoms with Gasteiger partial charge in [-0.15, -0.1) is 11.8 Å². The van der Waals surface area contributed by atoms with E-state index in [-0.39, 0.29) is 11.2 Å². The van der Waals surface area contributed by atoms with Crippen LogP contribution in [0.4, 0.5) is 0 Å². The molecule has 1 aliphatic heterocycles. The number of ether oxygens (including phenoxy) is 1. The average molecular weight is 386 g/mol. The molecule has 0 radical (unpaired) electrons. The molecule has 0 bridgehead atoms. The van der Waals surface area contributed by atoms with E-state index in [0.29, 0.717) is 6.54 Å². The van der Waals surface area contributed by atoms with Crippen molar-refractivity contribution in [2.75, 3.05) is 26.3 Å². The van der Waals surface area contributed by atoms with Crippen molar-refractivity contribution in [1.82, 2.24) is 5.32 Å². The Hall–Kier alpha value is -1.82. The maximum Gasteiger partial charge on any atom is 0.233 e. The van der Waals surface area contributed by atoms with Crippen LogP contribution in [0.15, 0.2) is 53.4 Å². The number of nitrogens with one attached hydrogen (secondary N) is 2. The molecule has 2 aromatic carbocycles. The lowest BCUT2D eigenvalue weighted by Gasteiger charge is -2.24. The van der Waals surface area contributed by atoms with Crippen molar-refractivity contribution in [3.05, 3.63) is 65.2 Å². The molecule has 1 amide bonds. The molecule has 3 rings (SSSR count). The minimum absolute atomic E-state index is 0.0779. The van der Waals surface area contributed by atoms with Crippen LogP contribution >= 0.6 is 11.8 Å². The zero-order valence-electron chi connectivity index (χ0n) is 16.2. The predicted octanol–water partition coefficient (Wildman–Crippen LogP) is 2.21. The Kier molecular flexibility index (Phi) is 7.33. The summed E-state index contributed by atoms with van der Waals surface area (Å²) in [4.78, 5) is 15.2. The summed E-state index contributed by atoms with van der Waals surface area (Å²) < 4.78 is 5.45. The summed E-state index contributed by atoms with van der Waals surface area (Å²) in [6.07, 6.45) is 0. The fraction of sp³-hybridized carbons (Fsp3) is 0.409. The number of carbonyl (C=O) groups is 1. The van der Waals surface area contributed by atoms with Gasteiger partial charge >= 0.3 is 0 Å². The van der Waals surface area contributed by atoms with Crippen LogP contribution in [0, 0.1) is 6.92 Å². The van der Waals surface area contributed by atoms with Crippen molar-refractivity contribution < 1.29 is 14.4 Å². The molecule has 1 fully saturated rings. The van der Waals surface area contributed by atoms with E-state index in [1.54, 1.807) is 16.7 Å². The van der Waals surface area contributed by atoms with E-state index in [9.17, 15) is 4.79 Å². The normalized spacial score (nSPS) is 16.1. The molecule has 4 nitrogen and oxygen atoms in total. The fourth-order valence-corrected chi connectivity index (χ4v) is 4.10. The van der Waals surface area contributed by atoms with Gasteiger partial charge in [0.15, 0.2) is 0 Å². The van der Waals surface area contributed by atoms with Crippen LogP contribution in [-0.4, -0.2) is 37.5 Å². The largest absolute Gasteiger partial charge is 0.370 e. The van der Waals surface area contributed by atoms with Gasteiger partial charge in [0.25, 0.3) is 0 Å². The lowest BCUT2D eigenvalue weighted by Crippen LogP contribution is -3.12. The van der Waals surface area contributed by atoms with Crippen molar-refractivity contribution >= 4 is 17.7 Å². The number of rotatable bonds is 7. The minimum Gasteiger partial charge on any atom is -0.370 e. The van der Waals surface area contributed by atoms with E-state index in [1.165, 1.54) is 16.7 Å². The highest BCUT2D eigenvalue weighted by molar-refractivity contribution is 8.00. The number of quaternary nitrogens is 1. The molecule has 2 N–H and O–H groups in total. The summed E-state index contributed by atoms with van der Waals surface area (Å²) in [5, 5.41) is 2.99. The number of morpholine rings is 1. The molecule has 1 heterocycles. The summed E-state index contributed by atoms with van der Waals surface area (Å²) in [6.45, 7) is 9.37. The second kappa shape index (κ2) is 9.93. The van der Waals surface area contributed by atoms with Gasteiger partial charge in [-0.3, -0.25) is 4.79 Å². The van der Waals surface area contributed by atoms with Gasteiger partial charge in [-0.1, -0.05) is 42.0 Å². The van der Waals surface area contributed by atoms with Crippen molar-refractivity contribution in [2.24, 2.45) is 0 Å². The minimum atomic E-state index is -0.121. The van der Waals surface area contributed by atoms with Gasteiger partial charge < -0.3 is 15.0 Å². The highest BCUT2D eigenvalue weighted by Crippen LogP contribution is 2.23. The Morgan fingerprint density at radius 2 is 1.78 bits per heavy atom. The van der Waals surface area contributed by atoms with Crippen LogP contribution in [-0.2, 0) is 22.6 Å². The van der Waals surface area contributed by atoms with Gasteiger partial charge in [-0.2, -0.15) is 0 Å². The molecule has 0 unspecified atom stereocenters. The van der Waals surface area contributed by atoms with Gasteiger partial charge in [0, 0.05) is 17.0 Å². The molecule has 1 saturated heterocycles. The van der Waals surface area contributed by atoms with Crippen LogP contribution in [0.2, 0.25) is 0 Å². The zero-order valence-corrected chi connectivity index (χ0v) is 17.0. The Morgan fingerprint density at radius 1 is 1.11 bits per heavy atom. The molecular formula is C22H29N2O2S+. The van der Waals surface area contributed by atoms with Crippen molar-refractivity contribution in [3.8, 4) is 0 Å². The van der Waals surface area contributed by atoms with Gasteiger partial charge in [0.2, 0.25) is 5.91 Å². The molecule has 0 spiro atoms. The first-order chi connectivity index (χ1) is 13.1. The summed E-state index contributed by atoms with van der Waals surface area (Å²) >= 11 is 1.60. The number of thioether (sulfide) groups is 1. The molecule has 0 aliphatic carbocycles. The van der Waals surface area contributed by atoms with Crippen LogP contribution in [0.5, 0.6) is 0 Å². The van der Waals surface area contributed by atoms with Gasteiger partial charge in [-0.05, 0) is 31.5 Å². The second-order valence-electron chi connectivity index (χ2n) is 7.10. The zero-order chi connectivity index (χ0) is 19.1. The molecule has 1 atom stereocenters. The molecule has 1 aliphatic rings. The van der Waals surface area contributed by atoms with E-state index in [4.69, 9.17) is 4.74 Å². The smallest absolute Gasteiger partial charge is 0.233 e. The molecular weight excluding hydrogens is 356 g/mol. The molecule has 0 saturated carbocycles. The number of amides is 1. The second-order valence-corrected chi connectivity index (χ2v) is 8.51. The molecule has 144 valence electrons. The van der Waals surface area contributed by atoms with E-state index < -0.39 is 0 Å². The van der Waals surface area contributed by atoms with E-state index in [1.807, 2.05) is 13.0 Å². The van der Waals surface area contributed by atoms with Gasteiger partial charge in [0.1, 0.15) is 19.6 Å². The Morgan fingerprint density at radius 3 is 2.48 bits per heavy atom. The van der Waals surface area contributed by atoms with E-state index in [2.05, 4.69) is 54.7 Å². The first kappa shape index (κ1) is 19.9. The third-order valence-electron chi connectivity index (χ3n) is 4.91. The Labute approximate surface area is 166 Å². The van der Waals surface area contributed by atoms with Crippen LogP contribution in [0.1, 0.15) is 23.6 Å². The highest BCUT2D eigenvalue weighted by atomic mass is 32.2. The monoisotopic (exact) mass is 385 g/mol. The third kappa shape index (κ3) is 6.09. The first-order valence-electron chi connectivity index (χ1n) is 9.61.